The summed E-state index contributed by atoms with van der Waals surface area (Å²) in [6.07, 6.45) is 1.33. The summed E-state index contributed by atoms with van der Waals surface area (Å²) in [4.78, 5) is 0. The lowest BCUT2D eigenvalue weighted by Gasteiger charge is -1.98. The van der Waals surface area contributed by atoms with Gasteiger partial charge in [0.25, 0.3) is 0 Å². The minimum absolute atomic E-state index is 0.0139. The molecule has 0 radical (unpaired) electrons. The van der Waals surface area contributed by atoms with Crippen LogP contribution >= 0.6 is 24.8 Å². The smallest absolute Gasteiger partial charge is 0.124 e. The summed E-state index contributed by atoms with van der Waals surface area (Å²) in [5.41, 5.74) is 0.512. The maximum absolute atomic E-state index is 12.5. The van der Waals surface area contributed by atoms with E-state index in [9.17, 15) is 9.50 Å². The number of aliphatic hydroxyl groups excluding tert-OH is 1. The fraction of sp³-hybridized carbons (Fsp3) is 0. The minimum atomic E-state index is -0.343. The lowest BCUT2D eigenvalue weighted by molar-refractivity contribution is 0.512. The first-order chi connectivity index (χ1) is 6.09. The van der Waals surface area contributed by atoms with Crippen molar-refractivity contribution in [3.63, 3.8) is 0 Å². The molecule has 0 aliphatic carbocycles. The third-order valence-electron chi connectivity index (χ3n) is 1.40. The maximum atomic E-state index is 12.5. The number of rotatable bonds is 2. The summed E-state index contributed by atoms with van der Waals surface area (Å²) < 4.78 is 12.8. The highest BCUT2D eigenvalue weighted by molar-refractivity contribution is 8.11. The van der Waals surface area contributed by atoms with Crippen molar-refractivity contribution in [2.75, 3.05) is 0 Å². The molecule has 0 unspecified atom stereocenters. The van der Waals surface area contributed by atoms with Gasteiger partial charge in [-0.15, -0.1) is 12.6 Å². The van der Waals surface area contributed by atoms with Gasteiger partial charge in [0.05, 0.1) is 4.20 Å². The van der Waals surface area contributed by atoms with E-state index < -0.39 is 0 Å². The van der Waals surface area contributed by atoms with Gasteiger partial charge in [-0.3, -0.25) is 0 Å². The van der Waals surface area contributed by atoms with Crippen molar-refractivity contribution < 1.29 is 9.50 Å². The zero-order valence-corrected chi connectivity index (χ0v) is 8.28. The quantitative estimate of drug-likeness (QED) is 0.341. The second-order valence-corrected chi connectivity index (χ2v) is 3.60. The van der Waals surface area contributed by atoms with Gasteiger partial charge in [0.1, 0.15) is 11.6 Å². The second-order valence-electron chi connectivity index (χ2n) is 2.37. The van der Waals surface area contributed by atoms with Gasteiger partial charge in [-0.1, -0.05) is 12.2 Å². The number of benzene rings is 1. The van der Waals surface area contributed by atoms with E-state index >= 15 is 0 Å². The van der Waals surface area contributed by atoms with Crippen molar-refractivity contribution in [3.8, 4) is 0 Å². The zero-order valence-electron chi connectivity index (χ0n) is 6.57. The van der Waals surface area contributed by atoms with Gasteiger partial charge in [-0.2, -0.15) is 0 Å². The van der Waals surface area contributed by atoms with E-state index in [-0.39, 0.29) is 15.8 Å². The molecule has 1 aromatic carbocycles. The van der Waals surface area contributed by atoms with E-state index in [0.29, 0.717) is 5.56 Å². The van der Waals surface area contributed by atoms with Crippen LogP contribution in [0.2, 0.25) is 0 Å². The van der Waals surface area contributed by atoms with E-state index in [2.05, 4.69) is 24.8 Å². The third-order valence-corrected chi connectivity index (χ3v) is 1.65. The zero-order chi connectivity index (χ0) is 9.84. The van der Waals surface area contributed by atoms with Crippen LogP contribution in [-0.2, 0) is 0 Å². The molecule has 0 aliphatic heterocycles. The summed E-state index contributed by atoms with van der Waals surface area (Å²) >= 11 is 8.48. The van der Waals surface area contributed by atoms with Crippen LogP contribution in [0.5, 0.6) is 0 Å². The standard InChI is InChI=1S/C9H7FOS2/c10-7-3-1-6(2-4-7)8(11)5-9(12)13/h1-5,11H,(H,12,13). The lowest BCUT2D eigenvalue weighted by Crippen LogP contribution is -1.85. The first kappa shape index (κ1) is 10.2. The summed E-state index contributed by atoms with van der Waals surface area (Å²) in [6, 6.07) is 5.46. The Kier molecular flexibility index (Phi) is 3.45. The van der Waals surface area contributed by atoms with Crippen LogP contribution in [0.25, 0.3) is 5.76 Å². The highest BCUT2D eigenvalue weighted by Crippen LogP contribution is 2.12. The number of hydrogen-bond acceptors (Lipinski definition) is 2. The van der Waals surface area contributed by atoms with E-state index in [0.717, 1.165) is 0 Å². The summed E-state index contributed by atoms with van der Waals surface area (Å²) in [6.45, 7) is 0. The van der Waals surface area contributed by atoms with E-state index in [1.165, 1.54) is 30.3 Å². The molecular weight excluding hydrogens is 207 g/mol. The molecule has 0 bridgehead atoms. The van der Waals surface area contributed by atoms with Crippen LogP contribution in [0.4, 0.5) is 4.39 Å². The molecule has 68 valence electrons. The summed E-state index contributed by atoms with van der Waals surface area (Å²) in [7, 11) is 0. The highest BCUT2D eigenvalue weighted by atomic mass is 32.1. The van der Waals surface area contributed by atoms with Crippen molar-refractivity contribution in [3.05, 3.63) is 41.7 Å². The first-order valence-corrected chi connectivity index (χ1v) is 4.34. The van der Waals surface area contributed by atoms with Crippen LogP contribution in [0.3, 0.4) is 0 Å². The minimum Gasteiger partial charge on any atom is -0.507 e. The molecule has 1 N–H and O–H groups in total. The Morgan fingerprint density at radius 2 is 1.92 bits per heavy atom. The van der Waals surface area contributed by atoms with E-state index in [1.807, 2.05) is 0 Å². The van der Waals surface area contributed by atoms with E-state index in [1.54, 1.807) is 0 Å². The number of halogens is 1. The molecule has 0 heterocycles. The second kappa shape index (κ2) is 4.39. The molecule has 0 atom stereocenters. The van der Waals surface area contributed by atoms with Crippen molar-refractivity contribution in [2.24, 2.45) is 0 Å². The molecule has 0 aliphatic rings. The Balaban J connectivity index is 2.96. The highest BCUT2D eigenvalue weighted by Gasteiger charge is 1.98. The predicted molar refractivity (Wildman–Crippen MR) is 58.6 cm³/mol. The largest absolute Gasteiger partial charge is 0.507 e. The molecular formula is C9H7FOS2. The van der Waals surface area contributed by atoms with Crippen LogP contribution in [0.15, 0.2) is 30.3 Å². The van der Waals surface area contributed by atoms with Crippen LogP contribution in [-0.4, -0.2) is 9.30 Å². The van der Waals surface area contributed by atoms with Crippen LogP contribution < -0.4 is 0 Å². The number of aliphatic hydroxyl groups is 1. The molecule has 0 saturated carbocycles. The molecule has 1 rings (SSSR count). The molecule has 0 fully saturated rings. The van der Waals surface area contributed by atoms with Gasteiger partial charge in [-0.25, -0.2) is 4.39 Å². The SMILES string of the molecule is OC(=CC(=S)S)c1ccc(F)cc1. The molecule has 1 aromatic rings. The Bertz CT molecular complexity index is 343. The van der Waals surface area contributed by atoms with Crippen molar-refractivity contribution in [2.45, 2.75) is 0 Å². The summed E-state index contributed by atoms with van der Waals surface area (Å²) in [5, 5.41) is 9.38. The number of hydrogen-bond donors (Lipinski definition) is 2. The normalized spacial score (nSPS) is 11.4. The average molecular weight is 214 g/mol. The van der Waals surface area contributed by atoms with Gasteiger partial charge in [-0.05, 0) is 24.3 Å². The third kappa shape index (κ3) is 3.16. The molecule has 0 saturated heterocycles. The molecule has 0 spiro atoms. The molecule has 1 nitrogen and oxygen atoms in total. The van der Waals surface area contributed by atoms with Crippen molar-refractivity contribution in [1.29, 1.82) is 0 Å². The molecule has 0 amide bonds. The summed E-state index contributed by atoms with van der Waals surface area (Å²) in [5.74, 6) is -0.356. The molecule has 4 heteroatoms. The van der Waals surface area contributed by atoms with Crippen molar-refractivity contribution >= 4 is 34.8 Å². The maximum Gasteiger partial charge on any atom is 0.124 e. The average Bonchev–Trinajstić information content (AvgIpc) is 2.04. The van der Waals surface area contributed by atoms with Gasteiger partial charge in [0, 0.05) is 11.6 Å². The van der Waals surface area contributed by atoms with Gasteiger partial charge in [0.15, 0.2) is 0 Å². The lowest BCUT2D eigenvalue weighted by atomic mass is 10.2. The molecule has 0 aromatic heterocycles. The topological polar surface area (TPSA) is 20.2 Å². The number of thiocarbonyl (C=S) groups is 1. The fourth-order valence-electron chi connectivity index (χ4n) is 0.821. The fourth-order valence-corrected chi connectivity index (χ4v) is 1.05. The van der Waals surface area contributed by atoms with E-state index in [4.69, 9.17) is 0 Å². The van der Waals surface area contributed by atoms with Crippen LogP contribution in [0, 0.1) is 5.82 Å². The first-order valence-electron chi connectivity index (χ1n) is 3.49. The Labute approximate surface area is 86.3 Å². The molecule has 13 heavy (non-hydrogen) atoms. The van der Waals surface area contributed by atoms with Crippen molar-refractivity contribution in [1.82, 2.24) is 0 Å². The van der Waals surface area contributed by atoms with Gasteiger partial charge >= 0.3 is 0 Å². The van der Waals surface area contributed by atoms with Crippen LogP contribution in [0.1, 0.15) is 5.56 Å². The van der Waals surface area contributed by atoms with Gasteiger partial charge in [0.2, 0.25) is 0 Å². The Morgan fingerprint density at radius 1 is 1.38 bits per heavy atom. The number of thiol groups is 1. The Morgan fingerprint density at radius 3 is 2.38 bits per heavy atom. The predicted octanol–water partition coefficient (Wildman–Crippen LogP) is 2.98. The van der Waals surface area contributed by atoms with Gasteiger partial charge < -0.3 is 5.11 Å². The Hall–Kier alpha value is -0.870. The monoisotopic (exact) mass is 214 g/mol.